The average Bonchev–Trinajstić information content (AvgIpc) is 2.14. The van der Waals surface area contributed by atoms with Crippen molar-refractivity contribution in [3.05, 3.63) is 35.4 Å². The minimum atomic E-state index is -5.91. The van der Waals surface area contributed by atoms with Crippen molar-refractivity contribution in [3.8, 4) is 0 Å². The summed E-state index contributed by atoms with van der Waals surface area (Å²) >= 11 is 0. The Bertz CT molecular complexity index is 418. The van der Waals surface area contributed by atoms with Crippen molar-refractivity contribution in [1.82, 2.24) is 0 Å². The molecule has 0 aliphatic heterocycles. The molecular weight excluding hydrogens is 291 g/mol. The third kappa shape index (κ3) is 3.05. The predicted molar refractivity (Wildman–Crippen MR) is 51.5 cm³/mol. The summed E-state index contributed by atoms with van der Waals surface area (Å²) in [5.41, 5.74) is 3.57. The van der Waals surface area contributed by atoms with Gasteiger partial charge in [0.05, 0.1) is 0 Å². The molecule has 1 aromatic rings. The fraction of sp³-hybridized carbons (Fsp3) is 0.333. The van der Waals surface area contributed by atoms with Crippen molar-refractivity contribution in [1.29, 1.82) is 0 Å². The minimum Gasteiger partial charge on any atom is -0.319 e. The number of nitrogens with two attached hydrogens (primary N) is 1. The van der Waals surface area contributed by atoms with E-state index in [1.165, 1.54) is 0 Å². The first kappa shape index (κ1) is 17.0. The van der Waals surface area contributed by atoms with Gasteiger partial charge in [0.1, 0.15) is 17.7 Å². The first-order valence-corrected chi connectivity index (χ1v) is 4.22. The molecule has 18 heavy (non-hydrogen) atoms. The Morgan fingerprint density at radius 3 is 1.89 bits per heavy atom. The lowest BCUT2D eigenvalue weighted by atomic mass is 10.0. The topological polar surface area (TPSA) is 26.0 Å². The van der Waals surface area contributed by atoms with Gasteiger partial charge in [0.2, 0.25) is 0 Å². The summed E-state index contributed by atoms with van der Waals surface area (Å²) in [6.45, 7) is 0. The second kappa shape index (κ2) is 5.31. The van der Waals surface area contributed by atoms with Crippen LogP contribution in [0, 0.1) is 11.6 Å². The Balaban J connectivity index is 0.00000289. The number of alkyl halides is 5. The van der Waals surface area contributed by atoms with Gasteiger partial charge < -0.3 is 5.73 Å². The number of benzene rings is 1. The van der Waals surface area contributed by atoms with Gasteiger partial charge in [-0.2, -0.15) is 22.0 Å². The van der Waals surface area contributed by atoms with Gasteiger partial charge in [-0.15, -0.1) is 12.4 Å². The highest BCUT2D eigenvalue weighted by Crippen LogP contribution is 2.43. The molecule has 0 unspecified atom stereocenters. The largest absolute Gasteiger partial charge is 0.455 e. The zero-order valence-corrected chi connectivity index (χ0v) is 9.26. The van der Waals surface area contributed by atoms with Crippen LogP contribution >= 0.6 is 12.4 Å². The fourth-order valence-electron chi connectivity index (χ4n) is 1.13. The summed E-state index contributed by atoms with van der Waals surface area (Å²) in [5.74, 6) is -7.96. The molecule has 0 fully saturated rings. The van der Waals surface area contributed by atoms with E-state index in [0.29, 0.717) is 12.1 Å². The van der Waals surface area contributed by atoms with E-state index >= 15 is 0 Å². The normalized spacial score (nSPS) is 14.0. The molecule has 0 radical (unpaired) electrons. The average molecular weight is 298 g/mol. The molecule has 0 bridgehead atoms. The summed E-state index contributed by atoms with van der Waals surface area (Å²) in [6, 6.07) is -1.75. The third-order valence-corrected chi connectivity index (χ3v) is 2.07. The van der Waals surface area contributed by atoms with Gasteiger partial charge in [0.15, 0.2) is 0 Å². The van der Waals surface area contributed by atoms with Gasteiger partial charge in [-0.3, -0.25) is 0 Å². The van der Waals surface area contributed by atoms with Gasteiger partial charge in [-0.25, -0.2) is 8.78 Å². The SMILES string of the molecule is Cl.N[C@H](c1ccc(F)cc1F)C(F)(F)C(F)(F)F. The highest BCUT2D eigenvalue weighted by atomic mass is 35.5. The van der Waals surface area contributed by atoms with Gasteiger partial charge >= 0.3 is 12.1 Å². The van der Waals surface area contributed by atoms with E-state index in [-0.39, 0.29) is 18.5 Å². The van der Waals surface area contributed by atoms with Crippen LogP contribution in [0.25, 0.3) is 0 Å². The van der Waals surface area contributed by atoms with E-state index in [1.807, 2.05) is 0 Å². The third-order valence-electron chi connectivity index (χ3n) is 2.07. The molecule has 9 heteroatoms. The van der Waals surface area contributed by atoms with Crippen molar-refractivity contribution < 1.29 is 30.7 Å². The van der Waals surface area contributed by atoms with Crippen LogP contribution in [-0.4, -0.2) is 12.1 Å². The number of rotatable bonds is 2. The van der Waals surface area contributed by atoms with Crippen LogP contribution in [0.3, 0.4) is 0 Å². The van der Waals surface area contributed by atoms with E-state index in [0.717, 1.165) is 0 Å². The van der Waals surface area contributed by atoms with Gasteiger partial charge in [-0.1, -0.05) is 6.07 Å². The summed E-state index contributed by atoms with van der Waals surface area (Å²) in [4.78, 5) is 0. The lowest BCUT2D eigenvalue weighted by Crippen LogP contribution is -2.46. The fourth-order valence-corrected chi connectivity index (χ4v) is 1.13. The minimum absolute atomic E-state index is 0. The molecule has 0 aromatic heterocycles. The Morgan fingerprint density at radius 1 is 1.00 bits per heavy atom. The van der Waals surface area contributed by atoms with Crippen molar-refractivity contribution in [2.45, 2.75) is 18.1 Å². The lowest BCUT2D eigenvalue weighted by molar-refractivity contribution is -0.291. The van der Waals surface area contributed by atoms with Crippen molar-refractivity contribution in [2.24, 2.45) is 5.73 Å². The molecule has 104 valence electrons. The Morgan fingerprint density at radius 2 is 1.50 bits per heavy atom. The standard InChI is InChI=1S/C9H6F7N.ClH/c10-4-1-2-5(6(11)3-4)7(17)8(12,13)9(14,15)16;/h1-3,7H,17H2;1H/t7-;/m1./s1. The summed E-state index contributed by atoms with van der Waals surface area (Å²) in [7, 11) is 0. The summed E-state index contributed by atoms with van der Waals surface area (Å²) in [6.07, 6.45) is -5.91. The van der Waals surface area contributed by atoms with E-state index in [4.69, 9.17) is 0 Å². The second-order valence-electron chi connectivity index (χ2n) is 3.26. The van der Waals surface area contributed by atoms with Crippen LogP contribution in [0.5, 0.6) is 0 Å². The molecule has 0 aliphatic carbocycles. The quantitative estimate of drug-likeness (QED) is 0.830. The van der Waals surface area contributed by atoms with Gasteiger partial charge in [0.25, 0.3) is 0 Å². The molecule has 1 atom stereocenters. The molecule has 0 aliphatic rings. The zero-order valence-electron chi connectivity index (χ0n) is 8.44. The van der Waals surface area contributed by atoms with Crippen LogP contribution < -0.4 is 5.73 Å². The zero-order chi connectivity index (χ0) is 13.4. The maximum atomic E-state index is 13.0. The van der Waals surface area contributed by atoms with E-state index < -0.39 is 35.3 Å². The maximum absolute atomic E-state index is 13.0. The van der Waals surface area contributed by atoms with E-state index in [1.54, 1.807) is 0 Å². The summed E-state index contributed by atoms with van der Waals surface area (Å²) < 4.78 is 86.9. The van der Waals surface area contributed by atoms with Crippen molar-refractivity contribution >= 4 is 12.4 Å². The number of halogens is 8. The smallest absolute Gasteiger partial charge is 0.319 e. The molecule has 0 saturated heterocycles. The van der Waals surface area contributed by atoms with Crippen LogP contribution in [0.1, 0.15) is 11.6 Å². The molecule has 0 spiro atoms. The first-order valence-electron chi connectivity index (χ1n) is 4.22. The molecule has 0 saturated carbocycles. The molecule has 1 aromatic carbocycles. The van der Waals surface area contributed by atoms with Crippen LogP contribution in [-0.2, 0) is 0 Å². The Hall–Kier alpha value is -1.02. The monoisotopic (exact) mass is 297 g/mol. The molecular formula is C9H7ClF7N. The molecule has 0 amide bonds. The van der Waals surface area contributed by atoms with Crippen molar-refractivity contribution in [2.75, 3.05) is 0 Å². The number of hydrogen-bond acceptors (Lipinski definition) is 1. The predicted octanol–water partition coefficient (Wildman–Crippen LogP) is 3.58. The summed E-state index contributed by atoms with van der Waals surface area (Å²) in [5, 5.41) is 0. The van der Waals surface area contributed by atoms with Gasteiger partial charge in [0, 0.05) is 11.6 Å². The molecule has 1 nitrogen and oxygen atoms in total. The number of hydrogen-bond donors (Lipinski definition) is 1. The van der Waals surface area contributed by atoms with E-state index in [9.17, 15) is 30.7 Å². The Kier molecular flexibility index (Phi) is 5.01. The van der Waals surface area contributed by atoms with Gasteiger partial charge in [-0.05, 0) is 6.07 Å². The molecule has 2 N–H and O–H groups in total. The first-order chi connectivity index (χ1) is 7.57. The van der Waals surface area contributed by atoms with Crippen LogP contribution in [0.4, 0.5) is 30.7 Å². The maximum Gasteiger partial charge on any atom is 0.455 e. The molecule has 0 heterocycles. The van der Waals surface area contributed by atoms with Crippen LogP contribution in [0.2, 0.25) is 0 Å². The Labute approximate surface area is 103 Å². The lowest BCUT2D eigenvalue weighted by Gasteiger charge is -2.26. The molecule has 1 rings (SSSR count). The van der Waals surface area contributed by atoms with Crippen molar-refractivity contribution in [3.63, 3.8) is 0 Å². The highest BCUT2D eigenvalue weighted by molar-refractivity contribution is 5.85. The van der Waals surface area contributed by atoms with Crippen LogP contribution in [0.15, 0.2) is 18.2 Å². The second-order valence-corrected chi connectivity index (χ2v) is 3.26. The van der Waals surface area contributed by atoms with E-state index in [2.05, 4.69) is 5.73 Å². The highest BCUT2D eigenvalue weighted by Gasteiger charge is 2.62.